The lowest BCUT2D eigenvalue weighted by molar-refractivity contribution is -0.127. The Hall–Kier alpha value is -3.01. The van der Waals surface area contributed by atoms with Crippen molar-refractivity contribution in [2.24, 2.45) is 0 Å². The molecule has 0 aliphatic carbocycles. The van der Waals surface area contributed by atoms with Crippen molar-refractivity contribution in [1.82, 2.24) is 5.32 Å². The van der Waals surface area contributed by atoms with Crippen molar-refractivity contribution in [2.75, 3.05) is 13.7 Å². The molecule has 3 aromatic carbocycles. The third kappa shape index (κ3) is 5.23. The van der Waals surface area contributed by atoms with E-state index in [0.717, 1.165) is 29.4 Å². The second-order valence-corrected chi connectivity index (χ2v) is 6.51. The van der Waals surface area contributed by atoms with Crippen molar-refractivity contribution in [3.63, 3.8) is 0 Å². The quantitative estimate of drug-likeness (QED) is 0.605. The fourth-order valence-corrected chi connectivity index (χ4v) is 2.94. The number of hydrogen-bond donors (Lipinski definition) is 1. The number of methoxy groups -OCH3 is 1. The Kier molecular flexibility index (Phi) is 6.31. The molecule has 0 unspecified atom stereocenters. The molecule has 0 aliphatic heterocycles. The van der Waals surface area contributed by atoms with Crippen LogP contribution >= 0.6 is 0 Å². The second kappa shape index (κ2) is 9.08. The molecule has 0 aliphatic rings. The van der Waals surface area contributed by atoms with Crippen molar-refractivity contribution < 1.29 is 14.3 Å². The molecule has 0 spiro atoms. The van der Waals surface area contributed by atoms with Crippen LogP contribution in [0.4, 0.5) is 0 Å². The zero-order valence-electron chi connectivity index (χ0n) is 15.8. The molecule has 3 rings (SSSR count). The minimum Gasteiger partial charge on any atom is -0.497 e. The number of fused-ring (bicyclic) bond motifs is 1. The van der Waals surface area contributed by atoms with Crippen LogP contribution in [0.1, 0.15) is 18.9 Å². The molecular formula is C23H25NO3. The normalized spacial score (nSPS) is 11.8. The van der Waals surface area contributed by atoms with Gasteiger partial charge in [0.2, 0.25) is 0 Å². The second-order valence-electron chi connectivity index (χ2n) is 6.51. The SMILES string of the molecule is COc1ccc(CCCNC(=O)[C@@H](C)Oc2ccc3ccccc3c2)cc1. The Morgan fingerprint density at radius 3 is 2.41 bits per heavy atom. The van der Waals surface area contributed by atoms with Crippen LogP contribution < -0.4 is 14.8 Å². The van der Waals surface area contributed by atoms with Gasteiger partial charge in [0, 0.05) is 6.54 Å². The molecule has 0 saturated carbocycles. The monoisotopic (exact) mass is 363 g/mol. The van der Waals surface area contributed by atoms with Crippen LogP contribution in [0.2, 0.25) is 0 Å². The molecule has 3 aromatic rings. The molecule has 4 heteroatoms. The zero-order valence-corrected chi connectivity index (χ0v) is 15.8. The summed E-state index contributed by atoms with van der Waals surface area (Å²) < 4.78 is 11.0. The Bertz CT molecular complexity index is 890. The van der Waals surface area contributed by atoms with Gasteiger partial charge >= 0.3 is 0 Å². The first kappa shape index (κ1) is 18.8. The first-order valence-corrected chi connectivity index (χ1v) is 9.22. The van der Waals surface area contributed by atoms with Crippen LogP contribution in [0.3, 0.4) is 0 Å². The van der Waals surface area contributed by atoms with Crippen molar-refractivity contribution >= 4 is 16.7 Å². The van der Waals surface area contributed by atoms with Gasteiger partial charge in [-0.25, -0.2) is 0 Å². The lowest BCUT2D eigenvalue weighted by atomic mass is 10.1. The first-order valence-electron chi connectivity index (χ1n) is 9.22. The van der Waals surface area contributed by atoms with Crippen molar-refractivity contribution in [3.8, 4) is 11.5 Å². The maximum atomic E-state index is 12.3. The van der Waals surface area contributed by atoms with E-state index in [1.54, 1.807) is 14.0 Å². The fourth-order valence-electron chi connectivity index (χ4n) is 2.94. The number of nitrogens with one attached hydrogen (secondary N) is 1. The highest BCUT2D eigenvalue weighted by Crippen LogP contribution is 2.21. The van der Waals surface area contributed by atoms with Gasteiger partial charge in [0.15, 0.2) is 6.10 Å². The molecule has 1 N–H and O–H groups in total. The average molecular weight is 363 g/mol. The minimum atomic E-state index is -0.535. The molecule has 27 heavy (non-hydrogen) atoms. The standard InChI is InChI=1S/C23H25NO3/c1-17(27-22-14-11-19-7-3-4-8-20(19)16-22)23(25)24-15-5-6-18-9-12-21(26-2)13-10-18/h3-4,7-14,16-17H,5-6,15H2,1-2H3,(H,24,25)/t17-/m1/s1. The maximum absolute atomic E-state index is 12.3. The van der Waals surface area contributed by atoms with Crippen LogP contribution in [-0.2, 0) is 11.2 Å². The zero-order chi connectivity index (χ0) is 19.1. The summed E-state index contributed by atoms with van der Waals surface area (Å²) in [6.07, 6.45) is 1.25. The summed E-state index contributed by atoms with van der Waals surface area (Å²) in [6.45, 7) is 2.39. The van der Waals surface area contributed by atoms with E-state index < -0.39 is 6.10 Å². The highest BCUT2D eigenvalue weighted by Gasteiger charge is 2.14. The van der Waals surface area contributed by atoms with E-state index in [2.05, 4.69) is 11.4 Å². The first-order chi connectivity index (χ1) is 13.2. The van der Waals surface area contributed by atoms with Gasteiger partial charge in [-0.1, -0.05) is 42.5 Å². The van der Waals surface area contributed by atoms with Crippen LogP contribution in [-0.4, -0.2) is 25.7 Å². The topological polar surface area (TPSA) is 47.6 Å². The summed E-state index contributed by atoms with van der Waals surface area (Å²) >= 11 is 0. The van der Waals surface area contributed by atoms with Gasteiger partial charge in [0.25, 0.3) is 5.91 Å². The van der Waals surface area contributed by atoms with Crippen molar-refractivity contribution in [1.29, 1.82) is 0 Å². The van der Waals surface area contributed by atoms with Crippen molar-refractivity contribution in [3.05, 3.63) is 72.3 Å². The van der Waals surface area contributed by atoms with Gasteiger partial charge in [-0.3, -0.25) is 4.79 Å². The Morgan fingerprint density at radius 1 is 0.963 bits per heavy atom. The van der Waals surface area contributed by atoms with E-state index in [1.807, 2.05) is 60.7 Å². The van der Waals surface area contributed by atoms with Gasteiger partial charge in [0.05, 0.1) is 7.11 Å². The lowest BCUT2D eigenvalue weighted by Gasteiger charge is -2.15. The van der Waals surface area contributed by atoms with E-state index in [0.29, 0.717) is 12.3 Å². The Labute approximate surface area is 160 Å². The highest BCUT2D eigenvalue weighted by atomic mass is 16.5. The van der Waals surface area contributed by atoms with E-state index >= 15 is 0 Å². The molecule has 0 heterocycles. The molecule has 0 aromatic heterocycles. The predicted octanol–water partition coefficient (Wildman–Crippen LogP) is 4.36. The number of hydrogen-bond acceptors (Lipinski definition) is 3. The largest absolute Gasteiger partial charge is 0.497 e. The number of rotatable bonds is 8. The van der Waals surface area contributed by atoms with E-state index in [9.17, 15) is 4.79 Å². The molecule has 1 atom stereocenters. The van der Waals surface area contributed by atoms with Crippen molar-refractivity contribution in [2.45, 2.75) is 25.9 Å². The van der Waals surface area contributed by atoms with Crippen LogP contribution in [0.15, 0.2) is 66.7 Å². The van der Waals surface area contributed by atoms with E-state index in [1.165, 1.54) is 5.56 Å². The van der Waals surface area contributed by atoms with Gasteiger partial charge < -0.3 is 14.8 Å². The molecule has 1 amide bonds. The minimum absolute atomic E-state index is 0.0992. The van der Waals surface area contributed by atoms with Gasteiger partial charge in [-0.15, -0.1) is 0 Å². The van der Waals surface area contributed by atoms with Gasteiger partial charge in [0.1, 0.15) is 11.5 Å². The number of amides is 1. The number of carbonyl (C=O) groups excluding carboxylic acids is 1. The summed E-state index contributed by atoms with van der Waals surface area (Å²) in [7, 11) is 1.66. The van der Waals surface area contributed by atoms with Crippen LogP contribution in [0.25, 0.3) is 10.8 Å². The smallest absolute Gasteiger partial charge is 0.260 e. The third-order valence-electron chi connectivity index (χ3n) is 4.50. The maximum Gasteiger partial charge on any atom is 0.260 e. The fraction of sp³-hybridized carbons (Fsp3) is 0.261. The van der Waals surface area contributed by atoms with E-state index in [4.69, 9.17) is 9.47 Å². The molecule has 0 fully saturated rings. The number of aryl methyl sites for hydroxylation is 1. The average Bonchev–Trinajstić information content (AvgIpc) is 2.71. The van der Waals surface area contributed by atoms with Crippen LogP contribution in [0, 0.1) is 0 Å². The molecule has 0 bridgehead atoms. The summed E-state index contributed by atoms with van der Waals surface area (Å²) in [4.78, 5) is 12.3. The van der Waals surface area contributed by atoms with Crippen LogP contribution in [0.5, 0.6) is 11.5 Å². The molecule has 0 saturated heterocycles. The highest BCUT2D eigenvalue weighted by molar-refractivity contribution is 5.84. The summed E-state index contributed by atoms with van der Waals surface area (Å²) in [5, 5.41) is 5.20. The molecule has 0 radical (unpaired) electrons. The number of benzene rings is 3. The summed E-state index contributed by atoms with van der Waals surface area (Å²) in [6, 6.07) is 21.9. The van der Waals surface area contributed by atoms with Gasteiger partial charge in [-0.2, -0.15) is 0 Å². The third-order valence-corrected chi connectivity index (χ3v) is 4.50. The molecular weight excluding hydrogens is 338 g/mol. The summed E-state index contributed by atoms with van der Waals surface area (Å²) in [5.41, 5.74) is 1.23. The van der Waals surface area contributed by atoms with E-state index in [-0.39, 0.29) is 5.91 Å². The molecule has 4 nitrogen and oxygen atoms in total. The van der Waals surface area contributed by atoms with Gasteiger partial charge in [-0.05, 0) is 60.4 Å². The predicted molar refractivity (Wildman–Crippen MR) is 108 cm³/mol. The number of ether oxygens (including phenoxy) is 2. The summed E-state index contributed by atoms with van der Waals surface area (Å²) in [5.74, 6) is 1.46. The Morgan fingerprint density at radius 2 is 1.67 bits per heavy atom. The molecule has 140 valence electrons. The lowest BCUT2D eigenvalue weighted by Crippen LogP contribution is -2.36. The number of carbonyl (C=O) groups is 1. The Balaban J connectivity index is 1.44.